The van der Waals surface area contributed by atoms with Crippen molar-refractivity contribution < 1.29 is 21.9 Å². The molecule has 0 aliphatic heterocycles. The smallest absolute Gasteiger partial charge is 0.253 e. The fourth-order valence-corrected chi connectivity index (χ4v) is 3.12. The third-order valence-electron chi connectivity index (χ3n) is 4.13. The molecule has 0 aliphatic rings. The Morgan fingerprint density at radius 2 is 1.93 bits per heavy atom. The first-order valence-electron chi connectivity index (χ1n) is 8.77. The largest absolute Gasteiger partial charge is 0.450 e. The summed E-state index contributed by atoms with van der Waals surface area (Å²) in [5.74, 6) is -2.40. The summed E-state index contributed by atoms with van der Waals surface area (Å²) in [6.07, 6.45) is 2.64. The first kappa shape index (κ1) is 21.4. The van der Waals surface area contributed by atoms with Crippen LogP contribution in [0.2, 0.25) is 0 Å². The van der Waals surface area contributed by atoms with Crippen molar-refractivity contribution in [1.82, 2.24) is 14.5 Å². The molecule has 11 heteroatoms. The van der Waals surface area contributed by atoms with E-state index in [0.29, 0.717) is 17.2 Å². The second-order valence-electron chi connectivity index (χ2n) is 6.42. The number of hydrogen-bond donors (Lipinski definition) is 1. The minimum atomic E-state index is -3.65. The summed E-state index contributed by atoms with van der Waals surface area (Å²) in [6.45, 7) is 3.06. The van der Waals surface area contributed by atoms with Gasteiger partial charge in [-0.3, -0.25) is 9.52 Å². The maximum atomic E-state index is 14.1. The van der Waals surface area contributed by atoms with Crippen LogP contribution in [0.1, 0.15) is 12.5 Å². The highest BCUT2D eigenvalue weighted by Gasteiger charge is 2.18. The van der Waals surface area contributed by atoms with Gasteiger partial charge in [-0.1, -0.05) is 0 Å². The molecule has 0 saturated carbocycles. The second kappa shape index (κ2) is 8.19. The molecule has 0 aliphatic carbocycles. The van der Waals surface area contributed by atoms with Gasteiger partial charge in [-0.05, 0) is 32.0 Å². The molecule has 3 rings (SSSR count). The van der Waals surface area contributed by atoms with E-state index in [4.69, 9.17) is 4.74 Å². The summed E-state index contributed by atoms with van der Waals surface area (Å²) < 4.78 is 60.1. The van der Waals surface area contributed by atoms with E-state index in [1.54, 1.807) is 14.0 Å². The lowest BCUT2D eigenvalue weighted by Gasteiger charge is -2.14. The number of hydrogen-bond acceptors (Lipinski definition) is 6. The van der Waals surface area contributed by atoms with E-state index in [2.05, 4.69) is 14.7 Å². The molecule has 1 N–H and O–H groups in total. The Morgan fingerprint density at radius 1 is 1.20 bits per heavy atom. The molecule has 0 atom stereocenters. The highest BCUT2D eigenvalue weighted by molar-refractivity contribution is 7.92. The Kier molecular flexibility index (Phi) is 5.83. The second-order valence-corrected chi connectivity index (χ2v) is 8.43. The van der Waals surface area contributed by atoms with Crippen LogP contribution in [-0.4, -0.2) is 28.7 Å². The summed E-state index contributed by atoms with van der Waals surface area (Å²) in [7, 11) is -2.11. The SMILES string of the molecule is CCS(=O)(=O)Nc1ncc(Oc2ccc(F)cc2F)c(-c2cc(C)c(=O)n(C)c2)n1. The zero-order valence-corrected chi connectivity index (χ0v) is 17.1. The molecule has 1 aromatic carbocycles. The van der Waals surface area contributed by atoms with Gasteiger partial charge in [-0.2, -0.15) is 0 Å². The van der Waals surface area contributed by atoms with Gasteiger partial charge in [0.05, 0.1) is 11.9 Å². The Morgan fingerprint density at radius 3 is 2.57 bits per heavy atom. The van der Waals surface area contributed by atoms with Gasteiger partial charge in [0.2, 0.25) is 16.0 Å². The number of benzene rings is 1. The van der Waals surface area contributed by atoms with Crippen LogP contribution >= 0.6 is 0 Å². The Labute approximate surface area is 171 Å². The first-order valence-corrected chi connectivity index (χ1v) is 10.4. The van der Waals surface area contributed by atoms with Crippen molar-refractivity contribution in [3.63, 3.8) is 0 Å². The molecule has 0 saturated heterocycles. The number of nitrogens with one attached hydrogen (secondary N) is 1. The Balaban J connectivity index is 2.15. The molecular formula is C19H18F2N4O4S. The molecule has 0 unspecified atom stereocenters. The summed E-state index contributed by atoms with van der Waals surface area (Å²) >= 11 is 0. The number of anilines is 1. The maximum absolute atomic E-state index is 14.1. The number of aryl methyl sites for hydroxylation is 2. The molecule has 0 bridgehead atoms. The van der Waals surface area contributed by atoms with Crippen molar-refractivity contribution >= 4 is 16.0 Å². The molecule has 30 heavy (non-hydrogen) atoms. The van der Waals surface area contributed by atoms with E-state index >= 15 is 0 Å². The molecule has 0 fully saturated rings. The molecular weight excluding hydrogens is 418 g/mol. The number of sulfonamides is 1. The van der Waals surface area contributed by atoms with Gasteiger partial charge in [-0.25, -0.2) is 27.2 Å². The van der Waals surface area contributed by atoms with Gasteiger partial charge in [0.15, 0.2) is 17.3 Å². The minimum Gasteiger partial charge on any atom is -0.450 e. The summed E-state index contributed by atoms with van der Waals surface area (Å²) in [4.78, 5) is 20.1. The van der Waals surface area contributed by atoms with Crippen LogP contribution in [0.5, 0.6) is 11.5 Å². The van der Waals surface area contributed by atoms with Gasteiger partial charge in [-0.15, -0.1) is 0 Å². The number of ether oxygens (including phenoxy) is 1. The fourth-order valence-electron chi connectivity index (χ4n) is 2.60. The monoisotopic (exact) mass is 436 g/mol. The Hall–Kier alpha value is -3.34. The lowest BCUT2D eigenvalue weighted by Crippen LogP contribution is -2.19. The summed E-state index contributed by atoms with van der Waals surface area (Å²) in [5.41, 5.74) is 0.697. The fraction of sp³-hybridized carbons (Fsp3) is 0.211. The number of pyridine rings is 1. The molecule has 2 heterocycles. The third-order valence-corrected chi connectivity index (χ3v) is 5.39. The highest BCUT2D eigenvalue weighted by atomic mass is 32.2. The van der Waals surface area contributed by atoms with Gasteiger partial charge < -0.3 is 9.30 Å². The highest BCUT2D eigenvalue weighted by Crippen LogP contribution is 2.33. The maximum Gasteiger partial charge on any atom is 0.253 e. The lowest BCUT2D eigenvalue weighted by molar-refractivity contribution is 0.436. The average Bonchev–Trinajstić information content (AvgIpc) is 2.68. The third kappa shape index (κ3) is 4.62. The van der Waals surface area contributed by atoms with Gasteiger partial charge in [0.1, 0.15) is 11.5 Å². The topological polar surface area (TPSA) is 103 Å². The predicted molar refractivity (Wildman–Crippen MR) is 107 cm³/mol. The predicted octanol–water partition coefficient (Wildman–Crippen LogP) is 2.98. The van der Waals surface area contributed by atoms with E-state index < -0.39 is 21.7 Å². The van der Waals surface area contributed by atoms with Gasteiger partial charge >= 0.3 is 0 Å². The molecule has 3 aromatic rings. The normalized spacial score (nSPS) is 11.4. The van der Waals surface area contributed by atoms with Crippen molar-refractivity contribution in [3.05, 3.63) is 64.2 Å². The summed E-state index contributed by atoms with van der Waals surface area (Å²) in [6, 6.07) is 4.33. The number of rotatable bonds is 6. The van der Waals surface area contributed by atoms with Crippen LogP contribution in [0, 0.1) is 18.6 Å². The average molecular weight is 436 g/mol. The Bertz CT molecular complexity index is 1250. The lowest BCUT2D eigenvalue weighted by atomic mass is 10.1. The van der Waals surface area contributed by atoms with E-state index in [0.717, 1.165) is 12.1 Å². The zero-order chi connectivity index (χ0) is 22.1. The van der Waals surface area contributed by atoms with E-state index in [9.17, 15) is 22.0 Å². The molecule has 0 radical (unpaired) electrons. The van der Waals surface area contributed by atoms with Crippen LogP contribution in [0.15, 0.2) is 41.5 Å². The van der Waals surface area contributed by atoms with E-state index in [1.807, 2.05) is 0 Å². The first-order chi connectivity index (χ1) is 14.1. The van der Waals surface area contributed by atoms with Crippen molar-refractivity contribution in [2.75, 3.05) is 10.5 Å². The summed E-state index contributed by atoms with van der Waals surface area (Å²) in [5, 5.41) is 0. The molecule has 158 valence electrons. The molecule has 8 nitrogen and oxygen atoms in total. The minimum absolute atomic E-state index is 0.0157. The van der Waals surface area contributed by atoms with Crippen molar-refractivity contribution in [3.8, 4) is 22.8 Å². The standard InChI is InChI=1S/C19H18F2N4O4S/c1-4-30(27,28)24-19-22-9-16(29-15-6-5-13(20)8-14(15)21)17(23-19)12-7-11(2)18(26)25(3)10-12/h5-10H,4H2,1-3H3,(H,22,23,24). The molecule has 0 amide bonds. The van der Waals surface area contributed by atoms with E-state index in [-0.39, 0.29) is 34.5 Å². The quantitative estimate of drug-likeness (QED) is 0.637. The van der Waals surface area contributed by atoms with Crippen LogP contribution < -0.4 is 15.0 Å². The van der Waals surface area contributed by atoms with Gasteiger partial charge in [0.25, 0.3) is 5.56 Å². The van der Waals surface area contributed by atoms with Crippen molar-refractivity contribution in [1.29, 1.82) is 0 Å². The molecule has 0 spiro atoms. The number of halogens is 2. The van der Waals surface area contributed by atoms with Crippen molar-refractivity contribution in [2.45, 2.75) is 13.8 Å². The number of aromatic nitrogens is 3. The van der Waals surface area contributed by atoms with Gasteiger partial charge in [0, 0.05) is 30.4 Å². The zero-order valence-electron chi connectivity index (χ0n) is 16.3. The molecule has 2 aromatic heterocycles. The van der Waals surface area contributed by atoms with Crippen LogP contribution in [0.25, 0.3) is 11.3 Å². The van der Waals surface area contributed by atoms with Crippen LogP contribution in [0.3, 0.4) is 0 Å². The van der Waals surface area contributed by atoms with Crippen molar-refractivity contribution in [2.24, 2.45) is 7.05 Å². The van der Waals surface area contributed by atoms with Crippen LogP contribution in [-0.2, 0) is 17.1 Å². The van der Waals surface area contributed by atoms with Crippen LogP contribution in [0.4, 0.5) is 14.7 Å². The number of nitrogens with zero attached hydrogens (tertiary/aromatic N) is 3. The van der Waals surface area contributed by atoms with E-state index in [1.165, 1.54) is 30.0 Å².